The molecule has 0 radical (unpaired) electrons. The second-order valence-electron chi connectivity index (χ2n) is 9.36. The Morgan fingerprint density at radius 1 is 1.20 bits per heavy atom. The molecule has 0 saturated heterocycles. The molecule has 0 amide bonds. The number of ketones is 1. The van der Waals surface area contributed by atoms with Gasteiger partial charge in [0.2, 0.25) is 0 Å². The van der Waals surface area contributed by atoms with Gasteiger partial charge in [-0.2, -0.15) is 0 Å². The smallest absolute Gasteiger partial charge is 0.192 e. The summed E-state index contributed by atoms with van der Waals surface area (Å²) in [5.74, 6) is 0.198. The fourth-order valence-corrected chi connectivity index (χ4v) is 3.23. The number of hydrogen-bond donors (Lipinski definition) is 0. The molecule has 0 atom stereocenters. The third kappa shape index (κ3) is 4.39. The standard InChI is InChI=1S/C20H32N2O2Si/c1-19(2,3)17(23)13-22-16(12-15-10-9-11-21-18(15)22)14-24-25(7,8)20(4,5)6/h9-12H,13-14H2,1-8H3. The quantitative estimate of drug-likeness (QED) is 0.691. The zero-order valence-corrected chi connectivity index (χ0v) is 17.9. The predicted molar refractivity (Wildman–Crippen MR) is 106 cm³/mol. The molecule has 138 valence electrons. The van der Waals surface area contributed by atoms with Crippen molar-refractivity contribution in [3.8, 4) is 0 Å². The van der Waals surface area contributed by atoms with E-state index in [2.05, 4.69) is 44.9 Å². The van der Waals surface area contributed by atoms with Gasteiger partial charge in [-0.05, 0) is 36.3 Å². The van der Waals surface area contributed by atoms with Crippen molar-refractivity contribution in [2.24, 2.45) is 5.41 Å². The first-order chi connectivity index (χ1) is 11.3. The van der Waals surface area contributed by atoms with E-state index in [9.17, 15) is 4.79 Å². The van der Waals surface area contributed by atoms with Crippen LogP contribution in [0.1, 0.15) is 47.2 Å². The zero-order valence-electron chi connectivity index (χ0n) is 16.9. The monoisotopic (exact) mass is 360 g/mol. The molecule has 0 spiro atoms. The van der Waals surface area contributed by atoms with Crippen molar-refractivity contribution in [2.45, 2.75) is 72.8 Å². The van der Waals surface area contributed by atoms with Gasteiger partial charge in [0.15, 0.2) is 14.1 Å². The molecule has 2 aromatic heterocycles. The second kappa shape index (κ2) is 6.69. The van der Waals surface area contributed by atoms with Crippen LogP contribution in [0.2, 0.25) is 18.1 Å². The number of hydrogen-bond acceptors (Lipinski definition) is 3. The van der Waals surface area contributed by atoms with Gasteiger partial charge in [-0.25, -0.2) is 4.98 Å². The maximum absolute atomic E-state index is 12.6. The summed E-state index contributed by atoms with van der Waals surface area (Å²) in [6.45, 7) is 17.9. The van der Waals surface area contributed by atoms with Gasteiger partial charge in [-0.15, -0.1) is 0 Å². The molecule has 0 aromatic carbocycles. The number of fused-ring (bicyclic) bond motifs is 1. The van der Waals surface area contributed by atoms with Crippen molar-refractivity contribution >= 4 is 25.1 Å². The largest absolute Gasteiger partial charge is 0.411 e. The zero-order chi connectivity index (χ0) is 19.0. The number of Topliss-reactive ketones (excluding diaryl/α,β-unsaturated/α-hetero) is 1. The highest BCUT2D eigenvalue weighted by atomic mass is 28.4. The Balaban J connectivity index is 2.36. The maximum atomic E-state index is 12.6. The molecule has 2 aromatic rings. The minimum Gasteiger partial charge on any atom is -0.411 e. The number of pyridine rings is 1. The van der Waals surface area contributed by atoms with Crippen molar-refractivity contribution in [3.63, 3.8) is 0 Å². The van der Waals surface area contributed by atoms with Gasteiger partial charge in [-0.1, -0.05) is 41.5 Å². The number of aromatic nitrogens is 2. The molecule has 0 saturated carbocycles. The van der Waals surface area contributed by atoms with Crippen LogP contribution in [0, 0.1) is 5.41 Å². The second-order valence-corrected chi connectivity index (χ2v) is 14.2. The van der Waals surface area contributed by atoms with Gasteiger partial charge in [0.05, 0.1) is 13.2 Å². The third-order valence-corrected chi connectivity index (χ3v) is 9.75. The number of carbonyl (C=O) groups excluding carboxylic acids is 1. The highest BCUT2D eigenvalue weighted by molar-refractivity contribution is 6.74. The van der Waals surface area contributed by atoms with Crippen LogP contribution >= 0.6 is 0 Å². The molecule has 0 aliphatic heterocycles. The van der Waals surface area contributed by atoms with Gasteiger partial charge >= 0.3 is 0 Å². The van der Waals surface area contributed by atoms with E-state index in [-0.39, 0.29) is 16.2 Å². The van der Waals surface area contributed by atoms with E-state index < -0.39 is 8.32 Å². The molecule has 0 aliphatic carbocycles. The lowest BCUT2D eigenvalue weighted by Gasteiger charge is -2.36. The van der Waals surface area contributed by atoms with Gasteiger partial charge in [0.1, 0.15) is 5.65 Å². The molecular weight excluding hydrogens is 328 g/mol. The van der Waals surface area contributed by atoms with Crippen molar-refractivity contribution in [1.82, 2.24) is 9.55 Å². The molecular formula is C20H32N2O2Si. The van der Waals surface area contributed by atoms with Crippen LogP contribution in [0.3, 0.4) is 0 Å². The number of carbonyl (C=O) groups is 1. The topological polar surface area (TPSA) is 44.1 Å². The molecule has 2 heterocycles. The lowest BCUT2D eigenvalue weighted by atomic mass is 9.91. The Bertz CT molecular complexity index is 764. The van der Waals surface area contributed by atoms with Crippen LogP contribution in [0.25, 0.3) is 11.0 Å². The third-order valence-electron chi connectivity index (χ3n) is 5.27. The summed E-state index contributed by atoms with van der Waals surface area (Å²) in [5.41, 5.74) is 1.51. The van der Waals surface area contributed by atoms with Gasteiger partial charge in [0, 0.05) is 22.7 Å². The molecule has 0 unspecified atom stereocenters. The predicted octanol–water partition coefficient (Wildman–Crippen LogP) is 5.17. The number of rotatable bonds is 5. The molecule has 0 fully saturated rings. The fraction of sp³-hybridized carbons (Fsp3) is 0.600. The maximum Gasteiger partial charge on any atom is 0.192 e. The lowest BCUT2D eigenvalue weighted by molar-refractivity contribution is -0.126. The van der Waals surface area contributed by atoms with Crippen molar-refractivity contribution in [3.05, 3.63) is 30.1 Å². The first-order valence-corrected chi connectivity index (χ1v) is 11.8. The van der Waals surface area contributed by atoms with Crippen molar-refractivity contribution < 1.29 is 9.22 Å². The summed E-state index contributed by atoms with van der Waals surface area (Å²) in [6.07, 6.45) is 1.78. The molecule has 4 nitrogen and oxygen atoms in total. The summed E-state index contributed by atoms with van der Waals surface area (Å²) in [4.78, 5) is 17.1. The lowest BCUT2D eigenvalue weighted by Crippen LogP contribution is -2.40. The summed E-state index contributed by atoms with van der Waals surface area (Å²) in [6, 6.07) is 6.07. The van der Waals surface area contributed by atoms with Crippen LogP contribution in [-0.4, -0.2) is 23.7 Å². The Hall–Kier alpha value is -1.46. The van der Waals surface area contributed by atoms with Crippen LogP contribution in [0.15, 0.2) is 24.4 Å². The molecule has 25 heavy (non-hydrogen) atoms. The fourth-order valence-electron chi connectivity index (χ4n) is 2.29. The van der Waals surface area contributed by atoms with Crippen LogP contribution in [0.4, 0.5) is 0 Å². The van der Waals surface area contributed by atoms with E-state index in [0.717, 1.165) is 16.7 Å². The van der Waals surface area contributed by atoms with E-state index in [4.69, 9.17) is 4.43 Å². The van der Waals surface area contributed by atoms with Crippen molar-refractivity contribution in [1.29, 1.82) is 0 Å². The van der Waals surface area contributed by atoms with E-state index in [1.54, 1.807) is 6.20 Å². The minimum atomic E-state index is -1.85. The summed E-state index contributed by atoms with van der Waals surface area (Å²) < 4.78 is 8.42. The van der Waals surface area contributed by atoms with E-state index in [1.165, 1.54) is 0 Å². The normalized spacial score (nSPS) is 13.4. The Labute approximate surface area is 152 Å². The average Bonchev–Trinajstić information content (AvgIpc) is 2.81. The molecule has 0 aliphatic rings. The summed E-state index contributed by atoms with van der Waals surface area (Å²) >= 11 is 0. The Kier molecular flexibility index (Phi) is 5.31. The molecule has 0 bridgehead atoms. The van der Waals surface area contributed by atoms with Crippen LogP contribution < -0.4 is 0 Å². The van der Waals surface area contributed by atoms with E-state index in [0.29, 0.717) is 13.2 Å². The SMILES string of the molecule is CC(C)(C)C(=O)Cn1c(CO[Si](C)(C)C(C)(C)C)cc2cccnc21. The van der Waals surface area contributed by atoms with E-state index >= 15 is 0 Å². The number of nitrogens with zero attached hydrogens (tertiary/aromatic N) is 2. The first-order valence-electron chi connectivity index (χ1n) is 8.93. The summed E-state index contributed by atoms with van der Waals surface area (Å²) in [5, 5.41) is 1.21. The molecule has 2 rings (SSSR count). The van der Waals surface area contributed by atoms with Crippen LogP contribution in [0.5, 0.6) is 0 Å². The van der Waals surface area contributed by atoms with Gasteiger partial charge < -0.3 is 8.99 Å². The van der Waals surface area contributed by atoms with Gasteiger partial charge in [0.25, 0.3) is 0 Å². The molecule has 0 N–H and O–H groups in total. The van der Waals surface area contributed by atoms with Crippen LogP contribution in [-0.2, 0) is 22.4 Å². The van der Waals surface area contributed by atoms with E-state index in [1.807, 2.05) is 37.5 Å². The Morgan fingerprint density at radius 2 is 1.84 bits per heavy atom. The first kappa shape index (κ1) is 19.9. The highest BCUT2D eigenvalue weighted by Crippen LogP contribution is 2.37. The Morgan fingerprint density at radius 3 is 2.40 bits per heavy atom. The highest BCUT2D eigenvalue weighted by Gasteiger charge is 2.37. The van der Waals surface area contributed by atoms with Crippen molar-refractivity contribution in [2.75, 3.05) is 0 Å². The average molecular weight is 361 g/mol. The summed E-state index contributed by atoms with van der Waals surface area (Å²) in [7, 11) is -1.85. The van der Waals surface area contributed by atoms with Gasteiger partial charge in [-0.3, -0.25) is 4.79 Å². The molecule has 5 heteroatoms. The minimum absolute atomic E-state index is 0.156.